The van der Waals surface area contributed by atoms with Crippen molar-refractivity contribution < 1.29 is 14.3 Å². The van der Waals surface area contributed by atoms with Crippen LogP contribution in [0.2, 0.25) is 0 Å². The SMILES string of the molecule is CN(C)C1(CC(=O)O)CCc2occc21. The van der Waals surface area contributed by atoms with Crippen LogP contribution in [0, 0.1) is 0 Å². The van der Waals surface area contributed by atoms with E-state index >= 15 is 0 Å². The van der Waals surface area contributed by atoms with Crippen LogP contribution in [0.3, 0.4) is 0 Å². The monoisotopic (exact) mass is 209 g/mol. The fraction of sp³-hybridized carbons (Fsp3) is 0.545. The molecule has 1 N–H and O–H groups in total. The van der Waals surface area contributed by atoms with Crippen molar-refractivity contribution in [2.75, 3.05) is 14.1 Å². The first kappa shape index (κ1) is 10.2. The molecule has 2 rings (SSSR count). The van der Waals surface area contributed by atoms with Gasteiger partial charge >= 0.3 is 5.97 Å². The van der Waals surface area contributed by atoms with Gasteiger partial charge in [0.1, 0.15) is 5.76 Å². The molecule has 1 aliphatic rings. The fourth-order valence-electron chi connectivity index (χ4n) is 2.46. The second-order valence-electron chi connectivity index (χ2n) is 4.25. The number of hydrogen-bond acceptors (Lipinski definition) is 3. The quantitative estimate of drug-likeness (QED) is 0.818. The summed E-state index contributed by atoms with van der Waals surface area (Å²) in [5.74, 6) is 0.169. The molecule has 1 heterocycles. The van der Waals surface area contributed by atoms with Gasteiger partial charge in [0.25, 0.3) is 0 Å². The molecule has 0 saturated carbocycles. The van der Waals surface area contributed by atoms with Crippen molar-refractivity contribution in [1.82, 2.24) is 4.90 Å². The molecule has 0 amide bonds. The summed E-state index contributed by atoms with van der Waals surface area (Å²) in [5, 5.41) is 8.99. The van der Waals surface area contributed by atoms with Gasteiger partial charge in [0.15, 0.2) is 0 Å². The Morgan fingerprint density at radius 3 is 3.00 bits per heavy atom. The number of furan rings is 1. The normalized spacial score (nSPS) is 24.5. The van der Waals surface area contributed by atoms with Gasteiger partial charge < -0.3 is 9.52 Å². The summed E-state index contributed by atoms with van der Waals surface area (Å²) in [6.07, 6.45) is 3.42. The Balaban J connectivity index is 2.41. The smallest absolute Gasteiger partial charge is 0.305 e. The van der Waals surface area contributed by atoms with Gasteiger partial charge in [0, 0.05) is 12.0 Å². The summed E-state index contributed by atoms with van der Waals surface area (Å²) in [4.78, 5) is 12.9. The minimum absolute atomic E-state index is 0.131. The second-order valence-corrected chi connectivity index (χ2v) is 4.25. The molecule has 4 nitrogen and oxygen atoms in total. The molecule has 0 fully saturated rings. The summed E-state index contributed by atoms with van der Waals surface area (Å²) < 4.78 is 5.34. The van der Waals surface area contributed by atoms with E-state index in [2.05, 4.69) is 0 Å². The van der Waals surface area contributed by atoms with E-state index in [0.717, 1.165) is 24.2 Å². The highest BCUT2D eigenvalue weighted by atomic mass is 16.4. The lowest BCUT2D eigenvalue weighted by Crippen LogP contribution is -2.41. The van der Waals surface area contributed by atoms with Crippen LogP contribution in [-0.4, -0.2) is 30.1 Å². The van der Waals surface area contributed by atoms with Crippen molar-refractivity contribution in [3.63, 3.8) is 0 Å². The predicted molar refractivity (Wildman–Crippen MR) is 54.6 cm³/mol. The van der Waals surface area contributed by atoms with Gasteiger partial charge in [-0.15, -0.1) is 0 Å². The highest BCUT2D eigenvalue weighted by molar-refractivity contribution is 5.69. The van der Waals surface area contributed by atoms with Crippen LogP contribution < -0.4 is 0 Å². The zero-order valence-electron chi connectivity index (χ0n) is 8.99. The van der Waals surface area contributed by atoms with Crippen LogP contribution in [0.15, 0.2) is 16.7 Å². The van der Waals surface area contributed by atoms with E-state index in [-0.39, 0.29) is 12.0 Å². The Morgan fingerprint density at radius 2 is 2.40 bits per heavy atom. The molecule has 1 aliphatic carbocycles. The molecule has 1 aromatic heterocycles. The Labute approximate surface area is 88.5 Å². The van der Waals surface area contributed by atoms with Crippen LogP contribution in [0.25, 0.3) is 0 Å². The van der Waals surface area contributed by atoms with Crippen molar-refractivity contribution >= 4 is 5.97 Å². The maximum absolute atomic E-state index is 10.9. The van der Waals surface area contributed by atoms with E-state index in [9.17, 15) is 4.79 Å². The summed E-state index contributed by atoms with van der Waals surface area (Å²) in [5.41, 5.74) is 0.656. The van der Waals surface area contributed by atoms with E-state index in [1.54, 1.807) is 6.26 Å². The molecule has 82 valence electrons. The third-order valence-electron chi connectivity index (χ3n) is 3.31. The molecular formula is C11H15NO3. The molecule has 1 atom stereocenters. The lowest BCUT2D eigenvalue weighted by Gasteiger charge is -2.35. The molecule has 4 heteroatoms. The van der Waals surface area contributed by atoms with E-state index in [0.29, 0.717) is 0 Å². The number of carboxylic acids is 1. The van der Waals surface area contributed by atoms with E-state index in [1.807, 2.05) is 25.1 Å². The molecule has 0 aromatic carbocycles. The fourth-order valence-corrected chi connectivity index (χ4v) is 2.46. The average molecular weight is 209 g/mol. The Morgan fingerprint density at radius 1 is 1.67 bits per heavy atom. The molecule has 0 radical (unpaired) electrons. The predicted octanol–water partition coefficient (Wildman–Crippen LogP) is 1.46. The first-order chi connectivity index (χ1) is 7.06. The third kappa shape index (κ3) is 1.45. The number of carbonyl (C=O) groups is 1. The molecular weight excluding hydrogens is 194 g/mol. The van der Waals surface area contributed by atoms with Crippen LogP contribution in [-0.2, 0) is 16.8 Å². The van der Waals surface area contributed by atoms with Gasteiger partial charge in [-0.2, -0.15) is 0 Å². The molecule has 15 heavy (non-hydrogen) atoms. The Kier molecular flexibility index (Phi) is 2.31. The maximum atomic E-state index is 10.9. The van der Waals surface area contributed by atoms with Crippen molar-refractivity contribution in [2.45, 2.75) is 24.8 Å². The summed E-state index contributed by atoms with van der Waals surface area (Å²) in [6, 6.07) is 1.89. The largest absolute Gasteiger partial charge is 0.481 e. The molecule has 1 aromatic rings. The minimum Gasteiger partial charge on any atom is -0.481 e. The van der Waals surface area contributed by atoms with Gasteiger partial charge in [-0.1, -0.05) is 0 Å². The van der Waals surface area contributed by atoms with Crippen molar-refractivity contribution in [1.29, 1.82) is 0 Å². The number of fused-ring (bicyclic) bond motifs is 1. The van der Waals surface area contributed by atoms with Crippen LogP contribution in [0.1, 0.15) is 24.2 Å². The van der Waals surface area contributed by atoms with Gasteiger partial charge in [-0.25, -0.2) is 0 Å². The Bertz CT molecular complexity index is 383. The highest BCUT2D eigenvalue weighted by Gasteiger charge is 2.44. The average Bonchev–Trinajstić information content (AvgIpc) is 2.67. The topological polar surface area (TPSA) is 53.7 Å². The lowest BCUT2D eigenvalue weighted by atomic mass is 9.88. The highest BCUT2D eigenvalue weighted by Crippen LogP contribution is 2.43. The summed E-state index contributed by atoms with van der Waals surface area (Å²) >= 11 is 0. The van der Waals surface area contributed by atoms with E-state index < -0.39 is 5.97 Å². The van der Waals surface area contributed by atoms with Crippen LogP contribution in [0.4, 0.5) is 0 Å². The lowest BCUT2D eigenvalue weighted by molar-refractivity contribution is -0.140. The van der Waals surface area contributed by atoms with Gasteiger partial charge in [-0.05, 0) is 26.6 Å². The van der Waals surface area contributed by atoms with Crippen molar-refractivity contribution in [3.8, 4) is 0 Å². The zero-order chi connectivity index (χ0) is 11.1. The van der Waals surface area contributed by atoms with Crippen LogP contribution >= 0.6 is 0 Å². The molecule has 0 saturated heterocycles. The van der Waals surface area contributed by atoms with E-state index in [4.69, 9.17) is 9.52 Å². The minimum atomic E-state index is -0.766. The maximum Gasteiger partial charge on any atom is 0.305 e. The molecule has 0 aliphatic heterocycles. The standard InChI is InChI=1S/C11H15NO3/c1-12(2)11(7-10(13)14)5-3-9-8(11)4-6-15-9/h4,6H,3,5,7H2,1-2H3,(H,13,14). The molecule has 0 spiro atoms. The number of aliphatic carboxylic acids is 1. The van der Waals surface area contributed by atoms with Crippen molar-refractivity contribution in [3.05, 3.63) is 23.7 Å². The first-order valence-corrected chi connectivity index (χ1v) is 5.02. The van der Waals surface area contributed by atoms with Gasteiger partial charge in [0.05, 0.1) is 18.2 Å². The Hall–Kier alpha value is -1.29. The second kappa shape index (κ2) is 3.38. The number of carboxylic acid groups (broad SMARTS) is 1. The third-order valence-corrected chi connectivity index (χ3v) is 3.31. The van der Waals surface area contributed by atoms with Gasteiger partial charge in [0.2, 0.25) is 0 Å². The molecule has 0 bridgehead atoms. The van der Waals surface area contributed by atoms with Crippen LogP contribution in [0.5, 0.6) is 0 Å². The summed E-state index contributed by atoms with van der Waals surface area (Å²) in [7, 11) is 3.84. The van der Waals surface area contributed by atoms with E-state index in [1.165, 1.54) is 0 Å². The number of nitrogens with zero attached hydrogens (tertiary/aromatic N) is 1. The van der Waals surface area contributed by atoms with Crippen molar-refractivity contribution in [2.24, 2.45) is 0 Å². The number of hydrogen-bond donors (Lipinski definition) is 1. The number of rotatable bonds is 3. The first-order valence-electron chi connectivity index (χ1n) is 5.02. The summed E-state index contributed by atoms with van der Waals surface area (Å²) in [6.45, 7) is 0. The number of aryl methyl sites for hydroxylation is 1. The zero-order valence-corrected chi connectivity index (χ0v) is 8.99. The molecule has 1 unspecified atom stereocenters. The van der Waals surface area contributed by atoms with Gasteiger partial charge in [-0.3, -0.25) is 9.69 Å².